The first kappa shape index (κ1) is 19.0. The third kappa shape index (κ3) is 4.69. The number of aliphatic carboxylic acids is 1. The molecule has 27 heavy (non-hydrogen) atoms. The predicted octanol–water partition coefficient (Wildman–Crippen LogP) is 4.55. The highest BCUT2D eigenvalue weighted by atomic mass is 35.5. The van der Waals surface area contributed by atoms with Crippen LogP contribution >= 0.6 is 22.9 Å². The SMILES string of the molecule is O=C(O)CC(NC(=O)c1csc(-c2ccccc2Cl)n1)c1ccc(F)cc1. The molecule has 2 N–H and O–H groups in total. The largest absolute Gasteiger partial charge is 0.481 e. The molecule has 8 heteroatoms. The molecule has 5 nitrogen and oxygen atoms in total. The highest BCUT2D eigenvalue weighted by molar-refractivity contribution is 7.13. The Balaban J connectivity index is 1.81. The van der Waals surface area contributed by atoms with Crippen LogP contribution in [0.25, 0.3) is 10.6 Å². The quantitative estimate of drug-likeness (QED) is 0.631. The molecule has 2 aromatic carbocycles. The Morgan fingerprint density at radius 3 is 2.56 bits per heavy atom. The van der Waals surface area contributed by atoms with Gasteiger partial charge >= 0.3 is 5.97 Å². The first-order chi connectivity index (χ1) is 12.9. The van der Waals surface area contributed by atoms with Gasteiger partial charge < -0.3 is 10.4 Å². The molecule has 3 aromatic rings. The van der Waals surface area contributed by atoms with Crippen molar-refractivity contribution < 1.29 is 19.1 Å². The minimum atomic E-state index is -1.08. The highest BCUT2D eigenvalue weighted by Gasteiger charge is 2.21. The summed E-state index contributed by atoms with van der Waals surface area (Å²) in [5.74, 6) is -2.04. The van der Waals surface area contributed by atoms with Crippen molar-refractivity contribution in [3.8, 4) is 10.6 Å². The molecule has 0 aliphatic carbocycles. The van der Waals surface area contributed by atoms with E-state index in [0.29, 0.717) is 21.2 Å². The fourth-order valence-corrected chi connectivity index (χ4v) is 3.61. The number of hydrogen-bond donors (Lipinski definition) is 2. The van der Waals surface area contributed by atoms with Gasteiger partial charge in [0.15, 0.2) is 0 Å². The lowest BCUT2D eigenvalue weighted by atomic mass is 10.0. The maximum absolute atomic E-state index is 13.1. The molecule has 0 saturated heterocycles. The van der Waals surface area contributed by atoms with Crippen molar-refractivity contribution >= 4 is 34.8 Å². The predicted molar refractivity (Wildman–Crippen MR) is 101 cm³/mol. The average molecular weight is 405 g/mol. The fraction of sp³-hybridized carbons (Fsp3) is 0.105. The number of carboxylic acids is 1. The van der Waals surface area contributed by atoms with E-state index in [1.165, 1.54) is 35.6 Å². The van der Waals surface area contributed by atoms with Crippen molar-refractivity contribution in [2.75, 3.05) is 0 Å². The summed E-state index contributed by atoms with van der Waals surface area (Å²) in [5, 5.41) is 14.4. The van der Waals surface area contributed by atoms with E-state index in [4.69, 9.17) is 16.7 Å². The van der Waals surface area contributed by atoms with Crippen molar-refractivity contribution in [1.29, 1.82) is 0 Å². The summed E-state index contributed by atoms with van der Waals surface area (Å²) in [5.41, 5.74) is 1.37. The van der Waals surface area contributed by atoms with Crippen molar-refractivity contribution in [2.24, 2.45) is 0 Å². The molecular formula is C19H14ClFN2O3S. The normalized spacial score (nSPS) is 11.8. The van der Waals surface area contributed by atoms with Gasteiger partial charge in [0.25, 0.3) is 5.91 Å². The number of halogens is 2. The molecule has 0 aliphatic heterocycles. The number of benzene rings is 2. The van der Waals surface area contributed by atoms with E-state index in [0.717, 1.165) is 0 Å². The number of carboxylic acid groups (broad SMARTS) is 1. The summed E-state index contributed by atoms with van der Waals surface area (Å²) in [7, 11) is 0. The second-order valence-electron chi connectivity index (χ2n) is 5.69. The van der Waals surface area contributed by atoms with E-state index < -0.39 is 23.7 Å². The molecule has 1 atom stereocenters. The molecule has 1 unspecified atom stereocenters. The van der Waals surface area contributed by atoms with Crippen LogP contribution in [0.2, 0.25) is 5.02 Å². The van der Waals surface area contributed by atoms with Crippen LogP contribution in [-0.2, 0) is 4.79 Å². The zero-order valence-corrected chi connectivity index (χ0v) is 15.4. The van der Waals surface area contributed by atoms with Crippen LogP contribution in [0.5, 0.6) is 0 Å². The van der Waals surface area contributed by atoms with Gasteiger partial charge in [0.2, 0.25) is 0 Å². The van der Waals surface area contributed by atoms with Crippen molar-refractivity contribution in [3.05, 3.63) is 76.0 Å². The first-order valence-corrected chi connectivity index (χ1v) is 9.18. The van der Waals surface area contributed by atoms with Gasteiger partial charge in [0, 0.05) is 10.9 Å². The summed E-state index contributed by atoms with van der Waals surface area (Å²) >= 11 is 7.41. The lowest BCUT2D eigenvalue weighted by molar-refractivity contribution is -0.137. The number of nitrogens with zero attached hydrogens (tertiary/aromatic N) is 1. The van der Waals surface area contributed by atoms with Crippen molar-refractivity contribution in [3.63, 3.8) is 0 Å². The molecule has 0 aliphatic rings. The van der Waals surface area contributed by atoms with Gasteiger partial charge in [-0.15, -0.1) is 11.3 Å². The van der Waals surface area contributed by atoms with E-state index in [9.17, 15) is 14.0 Å². The maximum atomic E-state index is 13.1. The molecule has 1 amide bonds. The van der Waals surface area contributed by atoms with E-state index in [-0.39, 0.29) is 12.1 Å². The number of amides is 1. The molecule has 3 rings (SSSR count). The third-order valence-corrected chi connectivity index (χ3v) is 5.00. The molecular weight excluding hydrogens is 391 g/mol. The fourth-order valence-electron chi connectivity index (χ4n) is 2.49. The maximum Gasteiger partial charge on any atom is 0.305 e. The number of rotatable bonds is 6. The number of thiazole rings is 1. The topological polar surface area (TPSA) is 79.3 Å². The monoisotopic (exact) mass is 404 g/mol. The van der Waals surface area contributed by atoms with Gasteiger partial charge in [-0.25, -0.2) is 9.37 Å². The summed E-state index contributed by atoms with van der Waals surface area (Å²) < 4.78 is 13.1. The van der Waals surface area contributed by atoms with E-state index >= 15 is 0 Å². The molecule has 0 fully saturated rings. The second kappa shape index (κ2) is 8.28. The van der Waals surface area contributed by atoms with E-state index in [1.807, 2.05) is 6.07 Å². The Morgan fingerprint density at radius 2 is 1.89 bits per heavy atom. The van der Waals surface area contributed by atoms with Gasteiger partial charge in [0.05, 0.1) is 17.5 Å². The molecule has 0 bridgehead atoms. The minimum Gasteiger partial charge on any atom is -0.481 e. The van der Waals surface area contributed by atoms with Crippen LogP contribution in [0.1, 0.15) is 28.5 Å². The van der Waals surface area contributed by atoms with Gasteiger partial charge in [-0.1, -0.05) is 41.9 Å². The van der Waals surface area contributed by atoms with Crippen molar-refractivity contribution in [1.82, 2.24) is 10.3 Å². The van der Waals surface area contributed by atoms with Crippen LogP contribution in [0.15, 0.2) is 53.9 Å². The van der Waals surface area contributed by atoms with Crippen LogP contribution in [-0.4, -0.2) is 22.0 Å². The molecule has 0 radical (unpaired) electrons. The van der Waals surface area contributed by atoms with E-state index in [1.54, 1.807) is 23.6 Å². The first-order valence-electron chi connectivity index (χ1n) is 7.92. The highest BCUT2D eigenvalue weighted by Crippen LogP contribution is 2.30. The minimum absolute atomic E-state index is 0.160. The van der Waals surface area contributed by atoms with Crippen LogP contribution in [0, 0.1) is 5.82 Å². The lowest BCUT2D eigenvalue weighted by Gasteiger charge is -2.16. The summed E-state index contributed by atoms with van der Waals surface area (Å²) in [6, 6.07) is 11.7. The summed E-state index contributed by atoms with van der Waals surface area (Å²) in [4.78, 5) is 28.0. The van der Waals surface area contributed by atoms with Crippen LogP contribution in [0.4, 0.5) is 4.39 Å². The second-order valence-corrected chi connectivity index (χ2v) is 6.96. The smallest absolute Gasteiger partial charge is 0.305 e. The molecule has 138 valence electrons. The Hall–Kier alpha value is -2.77. The Labute approximate surface area is 163 Å². The third-order valence-electron chi connectivity index (χ3n) is 3.80. The Kier molecular flexibility index (Phi) is 5.83. The number of carbonyl (C=O) groups excluding carboxylic acids is 1. The van der Waals surface area contributed by atoms with Gasteiger partial charge in [-0.3, -0.25) is 9.59 Å². The number of aromatic nitrogens is 1. The zero-order chi connectivity index (χ0) is 19.4. The average Bonchev–Trinajstić information content (AvgIpc) is 3.12. The molecule has 1 aromatic heterocycles. The van der Waals surface area contributed by atoms with Crippen LogP contribution < -0.4 is 5.32 Å². The number of hydrogen-bond acceptors (Lipinski definition) is 4. The zero-order valence-electron chi connectivity index (χ0n) is 13.9. The van der Waals surface area contributed by atoms with E-state index in [2.05, 4.69) is 10.3 Å². The lowest BCUT2D eigenvalue weighted by Crippen LogP contribution is -2.30. The molecule has 0 spiro atoms. The Bertz CT molecular complexity index is 975. The number of carbonyl (C=O) groups is 2. The van der Waals surface area contributed by atoms with Gasteiger partial charge in [0.1, 0.15) is 16.5 Å². The molecule has 1 heterocycles. The Morgan fingerprint density at radius 1 is 1.19 bits per heavy atom. The van der Waals surface area contributed by atoms with Gasteiger partial charge in [-0.05, 0) is 23.8 Å². The molecule has 0 saturated carbocycles. The standard InChI is InChI=1S/C19H14ClFN2O3S/c20-14-4-2-1-3-13(14)19-23-16(10-27-19)18(26)22-15(9-17(24)25)11-5-7-12(21)8-6-11/h1-8,10,15H,9H2,(H,22,26)(H,24,25). The number of nitrogens with one attached hydrogen (secondary N) is 1. The summed E-state index contributed by atoms with van der Waals surface area (Å²) in [6.07, 6.45) is -0.334. The van der Waals surface area contributed by atoms with Gasteiger partial charge in [-0.2, -0.15) is 0 Å². The summed E-state index contributed by atoms with van der Waals surface area (Å²) in [6.45, 7) is 0. The van der Waals surface area contributed by atoms with Crippen LogP contribution in [0.3, 0.4) is 0 Å². The van der Waals surface area contributed by atoms with Crippen molar-refractivity contribution in [2.45, 2.75) is 12.5 Å².